The van der Waals surface area contributed by atoms with Crippen molar-refractivity contribution >= 4 is 55.0 Å². The van der Waals surface area contributed by atoms with Gasteiger partial charge in [0.25, 0.3) is 0 Å². The fourth-order valence-electron chi connectivity index (χ4n) is 7.22. The molecule has 0 atom stereocenters. The molecule has 48 heavy (non-hydrogen) atoms. The van der Waals surface area contributed by atoms with E-state index >= 15 is 0 Å². The maximum Gasteiger partial charge on any atom is 0.195 e. The van der Waals surface area contributed by atoms with Crippen LogP contribution in [0.25, 0.3) is 86.9 Å². The van der Waals surface area contributed by atoms with Gasteiger partial charge in [-0.1, -0.05) is 109 Å². The molecule has 4 heteroatoms. The summed E-state index contributed by atoms with van der Waals surface area (Å²) in [6.07, 6.45) is 0. The maximum atomic E-state index is 8.09. The largest absolute Gasteiger partial charge is 0.309 e. The van der Waals surface area contributed by atoms with E-state index in [2.05, 4.69) is 122 Å². The second-order valence-electron chi connectivity index (χ2n) is 11.9. The zero-order chi connectivity index (χ0) is 32.2. The van der Waals surface area contributed by atoms with E-state index in [-0.39, 0.29) is 0 Å². The molecule has 0 spiro atoms. The molecule has 0 aliphatic carbocycles. The minimum absolute atomic E-state index is 0.601. The highest BCUT2D eigenvalue weighted by Crippen LogP contribution is 2.42. The molecule has 4 nitrogen and oxygen atoms in total. The number of nitrogens with zero attached hydrogens (tertiary/aromatic N) is 4. The summed E-state index contributed by atoms with van der Waals surface area (Å²) in [5, 5.41) is 4.61. The van der Waals surface area contributed by atoms with Gasteiger partial charge in [0.1, 0.15) is 0 Å². The van der Waals surface area contributed by atoms with Crippen LogP contribution in [-0.2, 0) is 0 Å². The molecule has 9 aromatic rings. The quantitative estimate of drug-likeness (QED) is 0.177. The van der Waals surface area contributed by atoms with E-state index < -0.39 is 0 Å². The van der Waals surface area contributed by atoms with Gasteiger partial charge in [0.15, 0.2) is 11.4 Å². The summed E-state index contributed by atoms with van der Waals surface area (Å²) in [5.74, 6) is 0. The van der Waals surface area contributed by atoms with Crippen molar-refractivity contribution < 1.29 is 0 Å². The minimum Gasteiger partial charge on any atom is -0.309 e. The van der Waals surface area contributed by atoms with E-state index in [1.165, 1.54) is 21.8 Å². The zero-order valence-electron chi connectivity index (χ0n) is 25.8. The average molecular weight is 611 g/mol. The Labute approximate surface area is 277 Å². The second kappa shape index (κ2) is 10.9. The summed E-state index contributed by atoms with van der Waals surface area (Å²) in [4.78, 5) is 7.65. The van der Waals surface area contributed by atoms with Crippen molar-refractivity contribution in [1.29, 1.82) is 0 Å². The first-order valence-electron chi connectivity index (χ1n) is 15.8. The van der Waals surface area contributed by atoms with Crippen LogP contribution in [0.3, 0.4) is 0 Å². The van der Waals surface area contributed by atoms with Gasteiger partial charge in [0.2, 0.25) is 0 Å². The van der Waals surface area contributed by atoms with Crippen LogP contribution in [0.5, 0.6) is 0 Å². The molecule has 2 aromatic heterocycles. The molecule has 0 radical (unpaired) electrons. The zero-order valence-corrected chi connectivity index (χ0v) is 25.8. The summed E-state index contributed by atoms with van der Waals surface area (Å²) in [6, 6.07) is 54.4. The van der Waals surface area contributed by atoms with Crippen LogP contribution in [0.4, 0.5) is 11.4 Å². The molecule has 0 amide bonds. The molecular formula is C44H26N4. The van der Waals surface area contributed by atoms with E-state index in [0.29, 0.717) is 11.4 Å². The van der Waals surface area contributed by atoms with Gasteiger partial charge >= 0.3 is 0 Å². The Morgan fingerprint density at radius 3 is 1.62 bits per heavy atom. The van der Waals surface area contributed by atoms with Crippen molar-refractivity contribution in [1.82, 2.24) is 9.13 Å². The third-order valence-corrected chi connectivity index (χ3v) is 9.38. The minimum atomic E-state index is 0.601. The van der Waals surface area contributed by atoms with Crippen molar-refractivity contribution in [3.63, 3.8) is 0 Å². The molecule has 0 aliphatic heterocycles. The number of hydrogen-bond donors (Lipinski definition) is 0. The number of rotatable bonds is 4. The first-order chi connectivity index (χ1) is 23.7. The molecule has 222 valence electrons. The van der Waals surface area contributed by atoms with Gasteiger partial charge in [-0.15, -0.1) is 0 Å². The molecule has 0 saturated carbocycles. The van der Waals surface area contributed by atoms with Crippen LogP contribution < -0.4 is 0 Å². The molecule has 0 fully saturated rings. The molecule has 0 aliphatic rings. The standard InChI is InChI=1S/C44H26N4/c1-45-31-22-26-44-38(28-31)36-14-6-10-18-43(36)48(44)42-17-9-5-13-35(42)37-27-30(21-25-39(37)46-2)29-19-23-32(24-20-29)47-40-15-7-3-11-33(40)34-12-4-8-16-41(34)47/h3-28H. The van der Waals surface area contributed by atoms with Crippen molar-refractivity contribution in [2.24, 2.45) is 0 Å². The Kier molecular flexibility index (Phi) is 6.22. The van der Waals surface area contributed by atoms with E-state index in [1.807, 2.05) is 54.6 Å². The van der Waals surface area contributed by atoms with Crippen LogP contribution in [0.1, 0.15) is 0 Å². The van der Waals surface area contributed by atoms with Crippen molar-refractivity contribution in [2.45, 2.75) is 0 Å². The monoisotopic (exact) mass is 610 g/mol. The molecule has 0 bridgehead atoms. The van der Waals surface area contributed by atoms with Crippen LogP contribution >= 0.6 is 0 Å². The average Bonchev–Trinajstić information content (AvgIpc) is 3.67. The van der Waals surface area contributed by atoms with Gasteiger partial charge < -0.3 is 9.13 Å². The summed E-state index contributed by atoms with van der Waals surface area (Å²) in [5.41, 5.74) is 11.7. The lowest BCUT2D eigenvalue weighted by Gasteiger charge is -2.16. The van der Waals surface area contributed by atoms with Gasteiger partial charge in [-0.05, 0) is 76.2 Å². The Morgan fingerprint density at radius 1 is 0.396 bits per heavy atom. The number of para-hydroxylation sites is 4. The van der Waals surface area contributed by atoms with E-state index in [0.717, 1.165) is 55.4 Å². The lowest BCUT2D eigenvalue weighted by Crippen LogP contribution is -1.97. The Morgan fingerprint density at radius 2 is 0.958 bits per heavy atom. The number of fused-ring (bicyclic) bond motifs is 6. The van der Waals surface area contributed by atoms with Crippen LogP contribution in [-0.4, -0.2) is 9.13 Å². The molecule has 0 unspecified atom stereocenters. The van der Waals surface area contributed by atoms with Crippen molar-refractivity contribution in [3.05, 3.63) is 181 Å². The van der Waals surface area contributed by atoms with Crippen LogP contribution in [0.2, 0.25) is 0 Å². The second-order valence-corrected chi connectivity index (χ2v) is 11.9. The Bertz CT molecular complexity index is 2750. The third kappa shape index (κ3) is 4.14. The van der Waals surface area contributed by atoms with E-state index in [1.54, 1.807) is 0 Å². The highest BCUT2D eigenvalue weighted by Gasteiger charge is 2.18. The van der Waals surface area contributed by atoms with Gasteiger partial charge in [-0.25, -0.2) is 9.69 Å². The smallest absolute Gasteiger partial charge is 0.195 e. The molecule has 9 rings (SSSR count). The first kappa shape index (κ1) is 27.4. The van der Waals surface area contributed by atoms with Gasteiger partial charge in [0.05, 0.1) is 40.9 Å². The fraction of sp³-hybridized carbons (Fsp3) is 0. The SMILES string of the molecule is [C-]#[N+]c1ccc2c(c1)c1ccccc1n2-c1ccccc1-c1cc(-c2ccc(-n3c4ccccc4c4ccccc43)cc2)ccc1[N+]#[C-]. The lowest BCUT2D eigenvalue weighted by molar-refractivity contribution is 1.18. The Hall–Kier alpha value is -6.88. The van der Waals surface area contributed by atoms with E-state index in [9.17, 15) is 0 Å². The molecular weight excluding hydrogens is 585 g/mol. The maximum absolute atomic E-state index is 8.09. The van der Waals surface area contributed by atoms with Crippen molar-refractivity contribution in [3.8, 4) is 33.6 Å². The highest BCUT2D eigenvalue weighted by atomic mass is 15.0. The van der Waals surface area contributed by atoms with Gasteiger partial charge in [-0.2, -0.15) is 0 Å². The molecule has 7 aromatic carbocycles. The molecule has 0 N–H and O–H groups in total. The predicted molar refractivity (Wildman–Crippen MR) is 199 cm³/mol. The van der Waals surface area contributed by atoms with Crippen LogP contribution in [0, 0.1) is 13.1 Å². The molecule has 2 heterocycles. The topological polar surface area (TPSA) is 18.6 Å². The lowest BCUT2D eigenvalue weighted by atomic mass is 9.96. The summed E-state index contributed by atoms with van der Waals surface area (Å²) in [7, 11) is 0. The third-order valence-electron chi connectivity index (χ3n) is 9.38. The van der Waals surface area contributed by atoms with Crippen LogP contribution in [0.15, 0.2) is 158 Å². The fourth-order valence-corrected chi connectivity index (χ4v) is 7.22. The predicted octanol–water partition coefficient (Wildman–Crippen LogP) is 12.3. The first-order valence-corrected chi connectivity index (χ1v) is 15.8. The molecule has 0 saturated heterocycles. The summed E-state index contributed by atoms with van der Waals surface area (Å²) < 4.78 is 4.58. The Balaban J connectivity index is 1.19. The normalized spacial score (nSPS) is 11.3. The van der Waals surface area contributed by atoms with Gasteiger partial charge in [-0.3, -0.25) is 0 Å². The van der Waals surface area contributed by atoms with Gasteiger partial charge in [0, 0.05) is 21.8 Å². The number of hydrogen-bond acceptors (Lipinski definition) is 0. The van der Waals surface area contributed by atoms with Crippen molar-refractivity contribution in [2.75, 3.05) is 0 Å². The van der Waals surface area contributed by atoms with E-state index in [4.69, 9.17) is 13.1 Å². The summed E-state index contributed by atoms with van der Waals surface area (Å²) in [6.45, 7) is 15.7. The number of aromatic nitrogens is 2. The summed E-state index contributed by atoms with van der Waals surface area (Å²) >= 11 is 0. The number of benzene rings is 7. The highest BCUT2D eigenvalue weighted by molar-refractivity contribution is 6.11.